The number of hydrogen-bond donors (Lipinski definition) is 5. The fraction of sp³-hybridized carbons (Fsp3) is 0.556. The molecular formula is C54H71ClN7O10S+. The number of unbranched alkanes of at least 4 members (excludes halogenated alkanes) is 4. The first-order valence-electron chi connectivity index (χ1n) is 26.1. The van der Waals surface area contributed by atoms with Gasteiger partial charge in [0.25, 0.3) is 5.91 Å². The first-order chi connectivity index (χ1) is 35.8. The quantitative estimate of drug-likeness (QED) is 0.0111. The summed E-state index contributed by atoms with van der Waals surface area (Å²) < 4.78 is 31.4. The van der Waals surface area contributed by atoms with Gasteiger partial charge in [-0.15, -0.1) is 11.6 Å². The molecule has 17 nitrogen and oxygen atoms in total. The van der Waals surface area contributed by atoms with Crippen LogP contribution in [0, 0.1) is 5.92 Å². The van der Waals surface area contributed by atoms with Gasteiger partial charge in [-0.3, -0.25) is 19.2 Å². The number of ether oxygens (including phenoxy) is 4. The summed E-state index contributed by atoms with van der Waals surface area (Å²) in [4.78, 5) is 65.3. The molecule has 0 bridgehead atoms. The van der Waals surface area contributed by atoms with Gasteiger partial charge in [-0.1, -0.05) is 25.3 Å². The predicted octanol–water partition coefficient (Wildman–Crippen LogP) is 5.18. The van der Waals surface area contributed by atoms with E-state index in [0.29, 0.717) is 125 Å². The summed E-state index contributed by atoms with van der Waals surface area (Å²) in [6.45, 7) is 7.68. The Bertz CT molecular complexity index is 2550. The van der Waals surface area contributed by atoms with Gasteiger partial charge in [0.15, 0.2) is 25.3 Å². The summed E-state index contributed by atoms with van der Waals surface area (Å²) in [6.07, 6.45) is 9.37. The van der Waals surface area contributed by atoms with Crippen molar-refractivity contribution in [2.75, 3.05) is 115 Å². The molecule has 5 heterocycles. The SMILES string of the molecule is O=Cc1ccc(C(=O)NCCOCCOCCCCCCCl)cc1-c1c2ccc(=[N+]3CC(C(=O)NCCOCCOCCC(=O)NCCCC[C@@H]4SC[C@@H]5NC(=O)N[C@@H]54)C3)cc-2oc2cc(N3CCC3)ccc12. The van der Waals surface area contributed by atoms with E-state index in [1.807, 2.05) is 42.1 Å². The zero-order chi connectivity index (χ0) is 50.8. The van der Waals surface area contributed by atoms with Crippen LogP contribution in [0.5, 0.6) is 0 Å². The van der Waals surface area contributed by atoms with Crippen LogP contribution in [0.4, 0.5) is 10.5 Å². The minimum Gasteiger partial charge on any atom is -0.456 e. The molecule has 73 heavy (non-hydrogen) atoms. The number of aldehydes is 1. The van der Waals surface area contributed by atoms with Crippen molar-refractivity contribution in [3.05, 3.63) is 71.1 Å². The molecule has 2 aromatic rings. The monoisotopic (exact) mass is 1040 g/mol. The summed E-state index contributed by atoms with van der Waals surface area (Å²) in [7, 11) is 0. The molecule has 394 valence electrons. The van der Waals surface area contributed by atoms with E-state index in [0.717, 1.165) is 104 Å². The van der Waals surface area contributed by atoms with Crippen molar-refractivity contribution in [2.45, 2.75) is 75.1 Å². The normalized spacial score (nSPS) is 19.0. The Balaban J connectivity index is 0.783. The molecule has 0 aromatic heterocycles. The number of nitrogens with one attached hydrogen (secondary N) is 5. The maximum absolute atomic E-state index is 13.5. The number of benzene rings is 3. The maximum atomic E-state index is 13.5. The number of nitrogens with zero attached hydrogens (tertiary/aromatic N) is 2. The van der Waals surface area contributed by atoms with Crippen LogP contribution in [0.25, 0.3) is 33.4 Å². The number of halogens is 1. The zero-order valence-corrected chi connectivity index (χ0v) is 43.3. The number of carbonyl (C=O) groups is 5. The van der Waals surface area contributed by atoms with Crippen LogP contribution < -0.4 is 41.4 Å². The van der Waals surface area contributed by atoms with E-state index in [1.54, 1.807) is 18.2 Å². The molecule has 0 saturated carbocycles. The molecule has 19 heteroatoms. The van der Waals surface area contributed by atoms with Gasteiger partial charge in [0.2, 0.25) is 17.2 Å². The van der Waals surface area contributed by atoms with Crippen LogP contribution >= 0.6 is 23.4 Å². The van der Waals surface area contributed by atoms with Gasteiger partial charge < -0.3 is 54.8 Å². The smallest absolute Gasteiger partial charge is 0.315 e. The lowest BCUT2D eigenvalue weighted by molar-refractivity contribution is -0.127. The first kappa shape index (κ1) is 54.0. The lowest BCUT2D eigenvalue weighted by Crippen LogP contribution is -2.55. The van der Waals surface area contributed by atoms with Gasteiger partial charge in [0, 0.05) is 108 Å². The van der Waals surface area contributed by atoms with Crippen molar-refractivity contribution in [2.24, 2.45) is 5.92 Å². The molecule has 0 radical (unpaired) electrons. The summed E-state index contributed by atoms with van der Waals surface area (Å²) in [6, 6.07) is 17.7. The molecule has 8 rings (SSSR count). The van der Waals surface area contributed by atoms with E-state index in [1.165, 1.54) is 0 Å². The highest BCUT2D eigenvalue weighted by molar-refractivity contribution is 8.00. The Morgan fingerprint density at radius 2 is 1.55 bits per heavy atom. The molecule has 0 spiro atoms. The molecule has 6 aliphatic rings. The standard InChI is InChI=1S/C54H70ClN7O10S/c55-16-4-1-2-6-22-68-26-28-70-24-18-57-52(65)37-9-10-38(35-63)44(30-37)50-42-13-11-40(61-20-7-21-61)31-46(42)72-47-32-41(12-14-43(47)50)62-33-39(34-62)53(66)58-19-25-71-29-27-69-23-15-49(64)56-17-5-3-8-48-51-45(36-73-48)59-54(67)60-51/h9-14,30-32,35,39,45,48,51H,1-8,15-29,33-34,36H2,(H4-,56,57,58,59,60,64,65,66,67)/p+1/t45-,48-,51-/m0/s1. The van der Waals surface area contributed by atoms with Crippen molar-refractivity contribution in [3.63, 3.8) is 0 Å². The lowest BCUT2D eigenvalue weighted by atomic mass is 9.89. The third kappa shape index (κ3) is 15.0. The third-order valence-electron chi connectivity index (χ3n) is 13.9. The first-order valence-corrected chi connectivity index (χ1v) is 27.7. The fourth-order valence-corrected chi connectivity index (χ4v) is 11.4. The second-order valence-corrected chi connectivity index (χ2v) is 20.7. The van der Waals surface area contributed by atoms with E-state index in [9.17, 15) is 24.0 Å². The number of urea groups is 1. The van der Waals surface area contributed by atoms with E-state index < -0.39 is 0 Å². The van der Waals surface area contributed by atoms with E-state index in [-0.39, 0.29) is 48.2 Å². The Morgan fingerprint density at radius 1 is 0.781 bits per heavy atom. The molecule has 0 unspecified atom stereocenters. The zero-order valence-electron chi connectivity index (χ0n) is 41.7. The highest BCUT2D eigenvalue weighted by atomic mass is 35.5. The van der Waals surface area contributed by atoms with E-state index in [2.05, 4.69) is 42.1 Å². The molecular weight excluding hydrogens is 974 g/mol. The highest BCUT2D eigenvalue weighted by Gasteiger charge is 2.42. The van der Waals surface area contributed by atoms with Gasteiger partial charge in [-0.2, -0.15) is 11.8 Å². The summed E-state index contributed by atoms with van der Waals surface area (Å²) in [5.41, 5.74) is 4.81. The Hall–Kier alpha value is -5.24. The average Bonchev–Trinajstić information content (AvgIpc) is 3.92. The number of amides is 5. The van der Waals surface area contributed by atoms with Crippen LogP contribution in [0.3, 0.4) is 0 Å². The van der Waals surface area contributed by atoms with Crippen LogP contribution in [0.2, 0.25) is 0 Å². The third-order valence-corrected chi connectivity index (χ3v) is 15.7. The van der Waals surface area contributed by atoms with Crippen molar-refractivity contribution in [1.29, 1.82) is 0 Å². The Morgan fingerprint density at radius 3 is 2.32 bits per heavy atom. The fourth-order valence-electron chi connectivity index (χ4n) is 9.62. The van der Waals surface area contributed by atoms with Crippen molar-refractivity contribution in [3.8, 4) is 22.5 Å². The number of carbonyl (C=O) groups excluding carboxylic acids is 5. The molecule has 5 aliphatic heterocycles. The largest absolute Gasteiger partial charge is 0.456 e. The molecule has 3 atom stereocenters. The molecule has 5 amide bonds. The number of anilines is 1. The van der Waals surface area contributed by atoms with Crippen LogP contribution in [0.1, 0.15) is 78.5 Å². The number of alkyl halides is 1. The van der Waals surface area contributed by atoms with Crippen LogP contribution in [-0.2, 0) is 28.5 Å². The Kier molecular flexibility index (Phi) is 20.6. The lowest BCUT2D eigenvalue weighted by Gasteiger charge is -2.33. The van der Waals surface area contributed by atoms with Gasteiger partial charge in [0.05, 0.1) is 64.4 Å². The summed E-state index contributed by atoms with van der Waals surface area (Å²) in [5.74, 6) is 1.74. The van der Waals surface area contributed by atoms with Gasteiger partial charge in [-0.25, -0.2) is 9.37 Å². The van der Waals surface area contributed by atoms with Crippen molar-refractivity contribution < 1.29 is 47.3 Å². The van der Waals surface area contributed by atoms with Gasteiger partial charge >= 0.3 is 6.03 Å². The topological polar surface area (TPSA) is 202 Å². The molecule has 4 saturated heterocycles. The molecule has 2 aromatic carbocycles. The summed E-state index contributed by atoms with van der Waals surface area (Å²) in [5, 5.41) is 17.0. The number of fused-ring (bicyclic) bond motifs is 3. The van der Waals surface area contributed by atoms with Crippen LogP contribution in [-0.4, -0.2) is 158 Å². The second kappa shape index (κ2) is 27.9. The highest BCUT2D eigenvalue weighted by Crippen LogP contribution is 2.42. The van der Waals surface area contributed by atoms with Crippen LogP contribution in [0.15, 0.2) is 59.0 Å². The Labute approximate surface area is 436 Å². The molecule has 5 N–H and O–H groups in total. The predicted molar refractivity (Wildman–Crippen MR) is 284 cm³/mol. The van der Waals surface area contributed by atoms with Gasteiger partial charge in [-0.05, 0) is 68.0 Å². The second-order valence-electron chi connectivity index (χ2n) is 19.0. The minimum atomic E-state index is -0.271. The molecule has 4 fully saturated rings. The van der Waals surface area contributed by atoms with Crippen molar-refractivity contribution >= 4 is 70.1 Å². The number of rotatable bonds is 31. The number of thioether (sulfide) groups is 1. The molecule has 1 aliphatic carbocycles. The van der Waals surface area contributed by atoms with Gasteiger partial charge in [0.1, 0.15) is 11.3 Å². The maximum Gasteiger partial charge on any atom is 0.315 e. The van der Waals surface area contributed by atoms with Crippen molar-refractivity contribution in [1.82, 2.24) is 31.2 Å². The van der Waals surface area contributed by atoms with E-state index in [4.69, 9.17) is 35.0 Å². The number of hydrogen-bond acceptors (Lipinski definition) is 12. The summed E-state index contributed by atoms with van der Waals surface area (Å²) >= 11 is 7.64. The minimum absolute atomic E-state index is 0.0341. The average molecular weight is 1050 g/mol. The van der Waals surface area contributed by atoms with E-state index >= 15 is 0 Å².